The van der Waals surface area contributed by atoms with Gasteiger partial charge in [-0.15, -0.1) is 0 Å². The van der Waals surface area contributed by atoms with Crippen LogP contribution in [0.3, 0.4) is 0 Å². The van der Waals surface area contributed by atoms with Gasteiger partial charge >= 0.3 is 16.4 Å². The molecule has 9 nitrogen and oxygen atoms in total. The van der Waals surface area contributed by atoms with Gasteiger partial charge in [0.05, 0.1) is 36.6 Å². The van der Waals surface area contributed by atoms with Gasteiger partial charge in [0.25, 0.3) is 0 Å². The van der Waals surface area contributed by atoms with Crippen LogP contribution >= 0.6 is 0 Å². The van der Waals surface area contributed by atoms with E-state index in [1.54, 1.807) is 31.4 Å². The largest absolute Gasteiger partial charge is 0.458 e. The van der Waals surface area contributed by atoms with E-state index < -0.39 is 42.8 Å². The zero-order valence-corrected chi connectivity index (χ0v) is 29.5. The van der Waals surface area contributed by atoms with Crippen LogP contribution in [0.1, 0.15) is 84.5 Å². The van der Waals surface area contributed by atoms with E-state index in [9.17, 15) is 13.2 Å². The number of carbonyl (C=O) groups excluding carboxylic acids is 1. The second-order valence-corrected chi connectivity index (χ2v) is 20.1. The van der Waals surface area contributed by atoms with E-state index in [4.69, 9.17) is 27.0 Å². The van der Waals surface area contributed by atoms with Gasteiger partial charge in [-0.1, -0.05) is 59.7 Å². The number of esters is 1. The van der Waals surface area contributed by atoms with Crippen molar-refractivity contribution in [3.8, 4) is 0 Å². The molecule has 11 heteroatoms. The first kappa shape index (κ1) is 36.1. The Morgan fingerprint density at radius 2 is 1.72 bits per heavy atom. The van der Waals surface area contributed by atoms with Crippen LogP contribution in [0.15, 0.2) is 30.3 Å². The van der Waals surface area contributed by atoms with Gasteiger partial charge in [-0.05, 0) is 68.8 Å². The molecule has 0 bridgehead atoms. The minimum atomic E-state index is -4.09. The van der Waals surface area contributed by atoms with Crippen LogP contribution in [0.2, 0.25) is 18.1 Å². The minimum absolute atomic E-state index is 0.0450. The monoisotopic (exact) mass is 642 g/mol. The lowest BCUT2D eigenvalue weighted by atomic mass is 9.80. The molecule has 0 aliphatic carbocycles. The molecule has 2 saturated heterocycles. The maximum Gasteiger partial charge on any atom is 0.400 e. The number of hydrogen-bond donors (Lipinski definition) is 0. The summed E-state index contributed by atoms with van der Waals surface area (Å²) in [5.41, 5.74) is 0.425. The SMILES string of the molecule is CO[C@H]1C[C@H](CC[C@H](C)[C@H](O[Si](C)(C)C(C)(C)C)[C@H](C)[C@@H](OC(=O)c2ccccc2)[C@@H](C)[C@H]2COS(=O)(=O)O2)O[C@@H](C)C1. The summed E-state index contributed by atoms with van der Waals surface area (Å²) in [5.74, 6) is -1.14. The molecule has 2 heterocycles. The Kier molecular flexibility index (Phi) is 12.5. The van der Waals surface area contributed by atoms with Crippen LogP contribution in [0.4, 0.5) is 0 Å². The van der Waals surface area contributed by atoms with Crippen LogP contribution in [-0.2, 0) is 37.4 Å². The molecule has 246 valence electrons. The number of carbonyl (C=O) groups is 1. The first-order valence-electron chi connectivity index (χ1n) is 15.6. The number of methoxy groups -OCH3 is 1. The fraction of sp³-hybridized carbons (Fsp3) is 0.781. The Hall–Kier alpha value is -1.34. The molecule has 0 N–H and O–H groups in total. The molecule has 0 unspecified atom stereocenters. The fourth-order valence-electron chi connectivity index (χ4n) is 5.90. The molecule has 0 spiro atoms. The van der Waals surface area contributed by atoms with Crippen LogP contribution < -0.4 is 0 Å². The molecule has 43 heavy (non-hydrogen) atoms. The van der Waals surface area contributed by atoms with Crippen LogP contribution in [0.25, 0.3) is 0 Å². The fourth-order valence-corrected chi connectivity index (χ4v) is 8.27. The highest BCUT2D eigenvalue weighted by molar-refractivity contribution is 7.82. The van der Waals surface area contributed by atoms with Gasteiger partial charge in [-0.2, -0.15) is 8.42 Å². The molecule has 0 saturated carbocycles. The van der Waals surface area contributed by atoms with Gasteiger partial charge in [0.2, 0.25) is 0 Å². The van der Waals surface area contributed by atoms with Crippen molar-refractivity contribution in [1.29, 1.82) is 0 Å². The van der Waals surface area contributed by atoms with Crippen molar-refractivity contribution in [3.05, 3.63) is 35.9 Å². The molecular weight excluding hydrogens is 588 g/mol. The third kappa shape index (κ3) is 9.82. The number of ether oxygens (including phenoxy) is 3. The molecule has 1 aromatic carbocycles. The predicted molar refractivity (Wildman–Crippen MR) is 169 cm³/mol. The van der Waals surface area contributed by atoms with E-state index in [0.29, 0.717) is 5.56 Å². The Morgan fingerprint density at radius 3 is 2.28 bits per heavy atom. The smallest absolute Gasteiger partial charge is 0.400 e. The molecule has 2 aliphatic rings. The summed E-state index contributed by atoms with van der Waals surface area (Å²) in [7, 11) is -4.60. The van der Waals surface area contributed by atoms with Crippen molar-refractivity contribution < 1.29 is 40.2 Å². The average molecular weight is 643 g/mol. The zero-order valence-electron chi connectivity index (χ0n) is 27.7. The summed E-state index contributed by atoms with van der Waals surface area (Å²) < 4.78 is 59.6. The summed E-state index contributed by atoms with van der Waals surface area (Å²) in [4.78, 5) is 13.4. The highest BCUT2D eigenvalue weighted by atomic mass is 32.3. The zero-order chi connectivity index (χ0) is 32.2. The van der Waals surface area contributed by atoms with Crippen molar-refractivity contribution in [1.82, 2.24) is 0 Å². The molecular formula is C32H54O9SSi. The van der Waals surface area contributed by atoms with Crippen molar-refractivity contribution in [2.45, 2.75) is 129 Å². The second kappa shape index (κ2) is 14.8. The van der Waals surface area contributed by atoms with E-state index in [-0.39, 0.29) is 47.9 Å². The molecule has 3 rings (SSSR count). The Morgan fingerprint density at radius 1 is 1.07 bits per heavy atom. The van der Waals surface area contributed by atoms with E-state index in [1.807, 2.05) is 19.9 Å². The molecule has 0 aromatic heterocycles. The van der Waals surface area contributed by atoms with E-state index >= 15 is 0 Å². The molecule has 2 fully saturated rings. The number of benzene rings is 1. The molecule has 9 atom stereocenters. The van der Waals surface area contributed by atoms with Crippen molar-refractivity contribution in [2.75, 3.05) is 13.7 Å². The lowest BCUT2D eigenvalue weighted by Gasteiger charge is -2.45. The van der Waals surface area contributed by atoms with Crippen LogP contribution in [-0.4, -0.2) is 73.0 Å². The lowest BCUT2D eigenvalue weighted by Crippen LogP contribution is -2.51. The Balaban J connectivity index is 1.91. The van der Waals surface area contributed by atoms with E-state index in [0.717, 1.165) is 25.7 Å². The second-order valence-electron chi connectivity index (χ2n) is 14.1. The van der Waals surface area contributed by atoms with Gasteiger partial charge < -0.3 is 18.6 Å². The van der Waals surface area contributed by atoms with Gasteiger partial charge in [-0.3, -0.25) is 0 Å². The van der Waals surface area contributed by atoms with Crippen LogP contribution in [0, 0.1) is 17.8 Å². The standard InChI is InChI=1S/C32H54O9SSi/c1-21(16-17-26-19-27(36-8)18-22(2)38-26)29(41-43(9,10)32(5,6)7)24(4)30(23(3)28-20-37-42(34,35)40-28)39-31(33)25-14-12-11-13-15-25/h11-15,21-24,26-30H,16-20H2,1-10H3/t21-,22-,23-,24-,26-,27+,28+,29-,30-/m0/s1. The van der Waals surface area contributed by atoms with Gasteiger partial charge in [-0.25, -0.2) is 13.2 Å². The molecule has 1 aromatic rings. The van der Waals surface area contributed by atoms with Crippen molar-refractivity contribution in [3.63, 3.8) is 0 Å². The average Bonchev–Trinajstić information content (AvgIpc) is 3.31. The third-order valence-electron chi connectivity index (χ3n) is 9.63. The van der Waals surface area contributed by atoms with E-state index in [2.05, 4.69) is 47.7 Å². The first-order chi connectivity index (χ1) is 19.9. The van der Waals surface area contributed by atoms with Crippen LogP contribution in [0.5, 0.6) is 0 Å². The molecule has 0 radical (unpaired) electrons. The van der Waals surface area contributed by atoms with Crippen molar-refractivity contribution >= 4 is 24.7 Å². The number of hydrogen-bond acceptors (Lipinski definition) is 9. The summed E-state index contributed by atoms with van der Waals surface area (Å²) in [6.07, 6.45) is 2.14. The lowest BCUT2D eigenvalue weighted by molar-refractivity contribution is -0.104. The predicted octanol–water partition coefficient (Wildman–Crippen LogP) is 6.53. The topological polar surface area (TPSA) is 107 Å². The summed E-state index contributed by atoms with van der Waals surface area (Å²) in [6, 6.07) is 8.82. The summed E-state index contributed by atoms with van der Waals surface area (Å²) in [6.45, 7) is 19.1. The van der Waals surface area contributed by atoms with Gasteiger partial charge in [0.1, 0.15) is 12.2 Å². The minimum Gasteiger partial charge on any atom is -0.458 e. The first-order valence-corrected chi connectivity index (χ1v) is 19.9. The van der Waals surface area contributed by atoms with Crippen molar-refractivity contribution in [2.24, 2.45) is 17.8 Å². The van der Waals surface area contributed by atoms with Gasteiger partial charge in [0.15, 0.2) is 8.32 Å². The Labute approximate surface area is 260 Å². The highest BCUT2D eigenvalue weighted by Gasteiger charge is 2.47. The maximum absolute atomic E-state index is 13.4. The Bertz CT molecular complexity index is 1140. The maximum atomic E-state index is 13.4. The van der Waals surface area contributed by atoms with Gasteiger partial charge in [0, 0.05) is 18.9 Å². The highest BCUT2D eigenvalue weighted by Crippen LogP contribution is 2.42. The third-order valence-corrected chi connectivity index (χ3v) is 15.0. The quantitative estimate of drug-likeness (QED) is 0.175. The number of rotatable bonds is 13. The molecule has 2 aliphatic heterocycles. The molecule has 0 amide bonds. The summed E-state index contributed by atoms with van der Waals surface area (Å²) in [5, 5.41) is -0.0450. The normalized spacial score (nSPS) is 28.0. The van der Waals surface area contributed by atoms with E-state index in [1.165, 1.54) is 0 Å². The summed E-state index contributed by atoms with van der Waals surface area (Å²) >= 11 is 0.